The molecular weight excluding hydrogens is 256 g/mol. The van der Waals surface area contributed by atoms with Crippen LogP contribution in [0.4, 0.5) is 0 Å². The van der Waals surface area contributed by atoms with Crippen LogP contribution in [0, 0.1) is 18.3 Å². The summed E-state index contributed by atoms with van der Waals surface area (Å²) in [4.78, 5) is 4.58. The fraction of sp³-hybridized carbons (Fsp3) is 0.0667. The highest BCUT2D eigenvalue weighted by Crippen LogP contribution is 2.31. The van der Waals surface area contributed by atoms with Crippen molar-refractivity contribution < 1.29 is 4.42 Å². The second kappa shape index (κ2) is 4.71. The van der Waals surface area contributed by atoms with Crippen LogP contribution < -0.4 is 0 Å². The zero-order chi connectivity index (χ0) is 13.2. The number of hydrogen-bond acceptors (Lipinski definition) is 4. The van der Waals surface area contributed by atoms with E-state index in [1.54, 1.807) is 29.7 Å². The Morgan fingerprint density at radius 3 is 2.63 bits per heavy atom. The number of nitriles is 1. The van der Waals surface area contributed by atoms with Crippen molar-refractivity contribution in [3.63, 3.8) is 0 Å². The van der Waals surface area contributed by atoms with E-state index in [-0.39, 0.29) is 0 Å². The molecule has 0 amide bonds. The Bertz CT molecular complexity index is 747. The molecule has 0 unspecified atom stereocenters. The predicted octanol–water partition coefficient (Wildman–Crippen LogP) is 4.25. The number of nitrogens with zero attached hydrogens (tertiary/aromatic N) is 2. The fourth-order valence-electron chi connectivity index (χ4n) is 1.82. The molecule has 0 fully saturated rings. The normalized spacial score (nSPS) is 10.3. The number of furan rings is 1. The van der Waals surface area contributed by atoms with Gasteiger partial charge in [0.1, 0.15) is 0 Å². The van der Waals surface area contributed by atoms with Crippen molar-refractivity contribution in [3.8, 4) is 28.1 Å². The molecule has 1 aromatic carbocycles. The van der Waals surface area contributed by atoms with Crippen LogP contribution in [-0.2, 0) is 0 Å². The van der Waals surface area contributed by atoms with E-state index in [9.17, 15) is 0 Å². The highest BCUT2D eigenvalue weighted by atomic mass is 32.1. The van der Waals surface area contributed by atoms with Gasteiger partial charge in [0.25, 0.3) is 0 Å². The predicted molar refractivity (Wildman–Crippen MR) is 74.7 cm³/mol. The lowest BCUT2D eigenvalue weighted by atomic mass is 10.1. The van der Waals surface area contributed by atoms with Crippen LogP contribution in [0.15, 0.2) is 46.4 Å². The van der Waals surface area contributed by atoms with E-state index in [1.165, 1.54) is 0 Å². The summed E-state index contributed by atoms with van der Waals surface area (Å²) in [6.45, 7) is 2.00. The maximum Gasteiger partial charge on any atom is 0.165 e. The number of hydrogen-bond donors (Lipinski definition) is 0. The first kappa shape index (κ1) is 11.7. The van der Waals surface area contributed by atoms with E-state index in [1.807, 2.05) is 30.5 Å². The van der Waals surface area contributed by atoms with Crippen LogP contribution in [0.1, 0.15) is 11.1 Å². The molecule has 2 heterocycles. The number of rotatable bonds is 2. The summed E-state index contributed by atoms with van der Waals surface area (Å²) in [5, 5.41) is 11.7. The van der Waals surface area contributed by atoms with Crippen LogP contribution >= 0.6 is 11.3 Å². The Morgan fingerprint density at radius 2 is 2.00 bits per heavy atom. The van der Waals surface area contributed by atoms with E-state index in [4.69, 9.17) is 9.68 Å². The number of thiazole rings is 1. The van der Waals surface area contributed by atoms with Gasteiger partial charge in [-0.3, -0.25) is 0 Å². The minimum absolute atomic E-state index is 0.654. The zero-order valence-electron chi connectivity index (χ0n) is 10.3. The van der Waals surface area contributed by atoms with E-state index in [0.717, 1.165) is 27.6 Å². The van der Waals surface area contributed by atoms with Crippen molar-refractivity contribution in [1.29, 1.82) is 5.26 Å². The van der Waals surface area contributed by atoms with Gasteiger partial charge in [-0.15, -0.1) is 11.3 Å². The molecule has 3 rings (SSSR count). The molecule has 0 saturated carbocycles. The van der Waals surface area contributed by atoms with Crippen molar-refractivity contribution >= 4 is 11.3 Å². The van der Waals surface area contributed by atoms with Gasteiger partial charge in [0.15, 0.2) is 10.8 Å². The topological polar surface area (TPSA) is 49.8 Å². The van der Waals surface area contributed by atoms with Crippen molar-refractivity contribution in [2.24, 2.45) is 0 Å². The lowest BCUT2D eigenvalue weighted by Crippen LogP contribution is -1.80. The molecule has 0 aliphatic rings. The van der Waals surface area contributed by atoms with Crippen molar-refractivity contribution in [3.05, 3.63) is 53.1 Å². The molecule has 0 bridgehead atoms. The summed E-state index contributed by atoms with van der Waals surface area (Å²) in [5.74, 6) is 0.824. The zero-order valence-corrected chi connectivity index (χ0v) is 11.1. The van der Waals surface area contributed by atoms with Crippen molar-refractivity contribution in [2.45, 2.75) is 6.92 Å². The lowest BCUT2D eigenvalue weighted by molar-refractivity contribution is 0.580. The minimum Gasteiger partial charge on any atom is -0.462 e. The van der Waals surface area contributed by atoms with Gasteiger partial charge in [-0.1, -0.05) is 12.1 Å². The Labute approximate surface area is 114 Å². The standard InChI is InChI=1S/C15H10N2OS/c1-10-6-7-18-14(10)15-17-13(9-19-15)12-4-2-11(8-16)3-5-12/h2-7,9H,1H3. The molecule has 0 aliphatic heterocycles. The van der Waals surface area contributed by atoms with E-state index in [0.29, 0.717) is 5.56 Å². The second-order valence-corrected chi connectivity index (χ2v) is 5.02. The third kappa shape index (κ3) is 2.16. The molecule has 4 heteroatoms. The van der Waals surface area contributed by atoms with Crippen LogP contribution in [0.3, 0.4) is 0 Å². The fourth-order valence-corrected chi connectivity index (χ4v) is 2.70. The Balaban J connectivity index is 1.97. The van der Waals surface area contributed by atoms with Gasteiger partial charge >= 0.3 is 0 Å². The third-order valence-corrected chi connectivity index (χ3v) is 3.71. The number of aryl methyl sites for hydroxylation is 1. The largest absolute Gasteiger partial charge is 0.462 e. The summed E-state index contributed by atoms with van der Waals surface area (Å²) in [7, 11) is 0. The molecule has 92 valence electrons. The molecular formula is C15H10N2OS. The average molecular weight is 266 g/mol. The van der Waals surface area contributed by atoms with Gasteiger partial charge in [-0.05, 0) is 30.7 Å². The van der Waals surface area contributed by atoms with E-state index < -0.39 is 0 Å². The molecule has 0 N–H and O–H groups in total. The first-order valence-corrected chi connectivity index (χ1v) is 6.66. The van der Waals surface area contributed by atoms with Crippen LogP contribution in [0.2, 0.25) is 0 Å². The SMILES string of the molecule is Cc1ccoc1-c1nc(-c2ccc(C#N)cc2)cs1. The van der Waals surface area contributed by atoms with Gasteiger partial charge in [-0.2, -0.15) is 5.26 Å². The number of aromatic nitrogens is 1. The van der Waals surface area contributed by atoms with Crippen LogP contribution in [-0.4, -0.2) is 4.98 Å². The Hall–Kier alpha value is -2.38. The molecule has 0 aliphatic carbocycles. The summed E-state index contributed by atoms with van der Waals surface area (Å²) in [6, 6.07) is 11.5. The smallest absolute Gasteiger partial charge is 0.165 e. The molecule has 0 spiro atoms. The third-order valence-electron chi connectivity index (χ3n) is 2.87. The van der Waals surface area contributed by atoms with Crippen molar-refractivity contribution in [2.75, 3.05) is 0 Å². The molecule has 0 atom stereocenters. The lowest BCUT2D eigenvalue weighted by Gasteiger charge is -1.96. The Morgan fingerprint density at radius 1 is 1.21 bits per heavy atom. The highest BCUT2D eigenvalue weighted by Gasteiger charge is 2.11. The monoisotopic (exact) mass is 266 g/mol. The second-order valence-electron chi connectivity index (χ2n) is 4.16. The maximum absolute atomic E-state index is 8.78. The maximum atomic E-state index is 8.78. The molecule has 0 radical (unpaired) electrons. The molecule has 3 aromatic rings. The summed E-state index contributed by atoms with van der Waals surface area (Å²) < 4.78 is 5.44. The van der Waals surface area contributed by atoms with Gasteiger partial charge in [-0.25, -0.2) is 4.98 Å². The Kier molecular flexibility index (Phi) is 2.90. The van der Waals surface area contributed by atoms with E-state index >= 15 is 0 Å². The summed E-state index contributed by atoms with van der Waals surface area (Å²) >= 11 is 1.56. The summed E-state index contributed by atoms with van der Waals surface area (Å²) in [6.07, 6.45) is 1.67. The average Bonchev–Trinajstić information content (AvgIpc) is 3.07. The van der Waals surface area contributed by atoms with Crippen LogP contribution in [0.25, 0.3) is 22.0 Å². The minimum atomic E-state index is 0.654. The quantitative estimate of drug-likeness (QED) is 0.696. The molecule has 0 saturated heterocycles. The van der Waals surface area contributed by atoms with Crippen LogP contribution in [0.5, 0.6) is 0 Å². The number of benzene rings is 1. The molecule has 2 aromatic heterocycles. The van der Waals surface area contributed by atoms with E-state index in [2.05, 4.69) is 11.1 Å². The first-order chi connectivity index (χ1) is 9.28. The molecule has 19 heavy (non-hydrogen) atoms. The van der Waals surface area contributed by atoms with Gasteiger partial charge in [0.2, 0.25) is 0 Å². The first-order valence-electron chi connectivity index (χ1n) is 5.78. The van der Waals surface area contributed by atoms with Gasteiger partial charge < -0.3 is 4.42 Å². The highest BCUT2D eigenvalue weighted by molar-refractivity contribution is 7.13. The van der Waals surface area contributed by atoms with Gasteiger partial charge in [0.05, 0.1) is 23.6 Å². The van der Waals surface area contributed by atoms with Crippen molar-refractivity contribution in [1.82, 2.24) is 4.98 Å². The molecule has 3 nitrogen and oxygen atoms in total. The van der Waals surface area contributed by atoms with Gasteiger partial charge in [0, 0.05) is 10.9 Å². The summed E-state index contributed by atoms with van der Waals surface area (Å²) in [5.41, 5.74) is 3.65.